The van der Waals surface area contributed by atoms with Crippen molar-refractivity contribution in [3.8, 4) is 0 Å². The number of rotatable bonds is 11. The molecule has 0 spiro atoms. The molecule has 0 aliphatic carbocycles. The highest BCUT2D eigenvalue weighted by atomic mass is 28.5. The molecule has 2 N–H and O–H groups in total. The van der Waals surface area contributed by atoms with E-state index in [0.717, 1.165) is 0 Å². The Kier molecular flexibility index (Phi) is 8.79. The third kappa shape index (κ3) is 4.45. The molecule has 12 heteroatoms. The third-order valence-electron chi connectivity index (χ3n) is 3.11. The van der Waals surface area contributed by atoms with Crippen molar-refractivity contribution in [3.63, 3.8) is 0 Å². The standard InChI is InChI=1S/C11H22O10Si2/c1-16-22(17-2,18-3)11(23(19-4,20-5)21-6)8(10(14)15)7-9(12)13/h7H2,1-6H3,(H,12,13)(H,14,15). The molecular formula is C11H22O10Si2. The van der Waals surface area contributed by atoms with Crippen LogP contribution < -0.4 is 0 Å². The molecule has 0 rings (SSSR count). The highest BCUT2D eigenvalue weighted by Crippen LogP contribution is 2.33. The van der Waals surface area contributed by atoms with E-state index in [4.69, 9.17) is 31.7 Å². The van der Waals surface area contributed by atoms with Crippen molar-refractivity contribution < 1.29 is 46.4 Å². The van der Waals surface area contributed by atoms with Crippen molar-refractivity contribution in [2.24, 2.45) is 0 Å². The topological polar surface area (TPSA) is 130 Å². The van der Waals surface area contributed by atoms with Gasteiger partial charge in [-0.3, -0.25) is 4.79 Å². The van der Waals surface area contributed by atoms with Crippen LogP contribution in [0.25, 0.3) is 0 Å². The van der Waals surface area contributed by atoms with Crippen LogP contribution in [0.4, 0.5) is 0 Å². The van der Waals surface area contributed by atoms with Crippen LogP contribution in [0.3, 0.4) is 0 Å². The molecule has 0 aliphatic rings. The predicted octanol–water partition coefficient (Wildman–Crippen LogP) is -0.323. The van der Waals surface area contributed by atoms with Crippen LogP contribution in [0.5, 0.6) is 0 Å². The lowest BCUT2D eigenvalue weighted by Gasteiger charge is -2.35. The van der Waals surface area contributed by atoms with Crippen molar-refractivity contribution in [2.45, 2.75) is 6.42 Å². The lowest BCUT2D eigenvalue weighted by atomic mass is 10.2. The molecule has 0 aromatic carbocycles. The van der Waals surface area contributed by atoms with Gasteiger partial charge in [-0.25, -0.2) is 4.79 Å². The van der Waals surface area contributed by atoms with Gasteiger partial charge in [0.1, 0.15) is 0 Å². The quantitative estimate of drug-likeness (QED) is 0.368. The summed E-state index contributed by atoms with van der Waals surface area (Å²) in [4.78, 5) is 22.6. The summed E-state index contributed by atoms with van der Waals surface area (Å²) in [6.07, 6.45) is -0.819. The number of carbonyl (C=O) groups is 2. The van der Waals surface area contributed by atoms with E-state index >= 15 is 0 Å². The molecule has 0 unspecified atom stereocenters. The Labute approximate surface area is 136 Å². The van der Waals surface area contributed by atoms with Gasteiger partial charge in [0, 0.05) is 42.7 Å². The minimum Gasteiger partial charge on any atom is -0.481 e. The molecule has 0 amide bonds. The van der Waals surface area contributed by atoms with Gasteiger partial charge in [-0.1, -0.05) is 0 Å². The maximum absolute atomic E-state index is 11.7. The molecular weight excluding hydrogens is 348 g/mol. The van der Waals surface area contributed by atoms with Crippen molar-refractivity contribution in [1.29, 1.82) is 0 Å². The highest BCUT2D eigenvalue weighted by molar-refractivity contribution is 6.92. The zero-order valence-electron chi connectivity index (χ0n) is 13.9. The summed E-state index contributed by atoms with van der Waals surface area (Å²) in [5, 5.41) is 18.5. The predicted molar refractivity (Wildman–Crippen MR) is 80.5 cm³/mol. The lowest BCUT2D eigenvalue weighted by Crippen LogP contribution is -2.60. The van der Waals surface area contributed by atoms with Crippen molar-refractivity contribution in [3.05, 3.63) is 10.4 Å². The minimum absolute atomic E-state index is 0.167. The van der Waals surface area contributed by atoms with Gasteiger partial charge in [0.05, 0.1) is 16.8 Å². The number of hydrogen-bond donors (Lipinski definition) is 2. The maximum Gasteiger partial charge on any atom is 0.535 e. The molecule has 0 aromatic rings. The van der Waals surface area contributed by atoms with Gasteiger partial charge in [0.2, 0.25) is 0 Å². The van der Waals surface area contributed by atoms with Crippen LogP contribution >= 0.6 is 0 Å². The van der Waals surface area contributed by atoms with E-state index in [1.54, 1.807) is 0 Å². The van der Waals surface area contributed by atoms with Gasteiger partial charge in [-0.2, -0.15) is 0 Å². The molecule has 0 fully saturated rings. The second-order valence-corrected chi connectivity index (χ2v) is 10.2. The van der Waals surface area contributed by atoms with Gasteiger partial charge >= 0.3 is 29.5 Å². The molecule has 0 saturated heterocycles. The second-order valence-electron chi connectivity index (χ2n) is 4.07. The van der Waals surface area contributed by atoms with Gasteiger partial charge < -0.3 is 36.8 Å². The summed E-state index contributed by atoms with van der Waals surface area (Å²) >= 11 is 0. The fraction of sp³-hybridized carbons (Fsp3) is 0.636. The SMILES string of the molecule is CO[Si](OC)(OC)C(=C(CC(=O)O)C(=O)O)[Si](OC)(OC)OC. The molecule has 0 bridgehead atoms. The summed E-state index contributed by atoms with van der Waals surface area (Å²) in [7, 11) is -0.134. The van der Waals surface area contributed by atoms with Gasteiger partial charge in [0.25, 0.3) is 0 Å². The number of carboxylic acid groups (broad SMARTS) is 2. The largest absolute Gasteiger partial charge is 0.535 e. The van der Waals surface area contributed by atoms with E-state index in [2.05, 4.69) is 0 Å². The average molecular weight is 370 g/mol. The number of aliphatic carboxylic acids is 2. The van der Waals surface area contributed by atoms with Gasteiger partial charge in [0.15, 0.2) is 0 Å². The van der Waals surface area contributed by atoms with Gasteiger partial charge in [-0.15, -0.1) is 0 Å². The first kappa shape index (κ1) is 21.9. The summed E-state index contributed by atoms with van der Waals surface area (Å²) in [5.41, 5.74) is -0.521. The Morgan fingerprint density at radius 1 is 0.739 bits per heavy atom. The summed E-state index contributed by atoms with van der Waals surface area (Å²) in [5.74, 6) is -2.86. The zero-order valence-corrected chi connectivity index (χ0v) is 15.9. The fourth-order valence-electron chi connectivity index (χ4n) is 2.09. The number of carboxylic acids is 2. The molecule has 0 saturated carbocycles. The summed E-state index contributed by atoms with van der Waals surface area (Å²) < 4.78 is 31.8. The average Bonchev–Trinajstić information content (AvgIpc) is 2.54. The smallest absolute Gasteiger partial charge is 0.481 e. The number of hydrogen-bond acceptors (Lipinski definition) is 8. The molecule has 0 radical (unpaired) electrons. The minimum atomic E-state index is -3.82. The van der Waals surface area contributed by atoms with Crippen molar-refractivity contribution >= 4 is 29.5 Å². The van der Waals surface area contributed by atoms with Crippen LogP contribution in [0.1, 0.15) is 6.42 Å². The second kappa shape index (κ2) is 9.24. The van der Waals surface area contributed by atoms with Crippen LogP contribution in [0, 0.1) is 0 Å². The van der Waals surface area contributed by atoms with E-state index in [1.807, 2.05) is 0 Å². The molecule has 23 heavy (non-hydrogen) atoms. The lowest BCUT2D eigenvalue weighted by molar-refractivity contribution is -0.139. The van der Waals surface area contributed by atoms with E-state index in [0.29, 0.717) is 0 Å². The highest BCUT2D eigenvalue weighted by Gasteiger charge is 2.62. The molecule has 0 aromatic heterocycles. The Hall–Kier alpha value is -1.13. The Morgan fingerprint density at radius 3 is 1.22 bits per heavy atom. The molecule has 0 aliphatic heterocycles. The Morgan fingerprint density at radius 2 is 1.04 bits per heavy atom. The van der Waals surface area contributed by atoms with Crippen LogP contribution in [0.15, 0.2) is 10.4 Å². The summed E-state index contributed by atoms with van der Waals surface area (Å²) in [6.45, 7) is 0. The van der Waals surface area contributed by atoms with Crippen LogP contribution in [0.2, 0.25) is 0 Å². The first-order valence-corrected chi connectivity index (χ1v) is 9.69. The summed E-state index contributed by atoms with van der Waals surface area (Å²) in [6, 6.07) is 0. The van der Waals surface area contributed by atoms with E-state index < -0.39 is 41.5 Å². The maximum atomic E-state index is 11.7. The van der Waals surface area contributed by atoms with E-state index in [9.17, 15) is 14.7 Å². The van der Waals surface area contributed by atoms with Crippen molar-refractivity contribution in [2.75, 3.05) is 42.7 Å². The Balaban J connectivity index is 6.83. The molecule has 10 nitrogen and oxygen atoms in total. The first-order chi connectivity index (χ1) is 10.7. The van der Waals surface area contributed by atoms with E-state index in [-0.39, 0.29) is 4.82 Å². The van der Waals surface area contributed by atoms with Crippen LogP contribution in [-0.2, 0) is 36.1 Å². The third-order valence-corrected chi connectivity index (χ3v) is 10.0. The van der Waals surface area contributed by atoms with Crippen molar-refractivity contribution in [1.82, 2.24) is 0 Å². The molecule has 0 heterocycles. The molecule has 0 atom stereocenters. The zero-order chi connectivity index (χ0) is 18.3. The molecule has 134 valence electrons. The first-order valence-electron chi connectivity index (χ1n) is 6.24. The van der Waals surface area contributed by atoms with Crippen LogP contribution in [-0.4, -0.2) is 82.4 Å². The monoisotopic (exact) mass is 370 g/mol. The Bertz CT molecular complexity index is 417. The van der Waals surface area contributed by atoms with Gasteiger partial charge in [-0.05, 0) is 0 Å². The fourth-order valence-corrected chi connectivity index (χ4v) is 8.78. The van der Waals surface area contributed by atoms with E-state index in [1.165, 1.54) is 42.7 Å². The normalized spacial score (nSPS) is 12.1.